The second-order valence-electron chi connectivity index (χ2n) is 4.85. The van der Waals surface area contributed by atoms with Crippen LogP contribution in [0.4, 0.5) is 0 Å². The quantitative estimate of drug-likeness (QED) is 0.757. The Labute approximate surface area is 112 Å². The molecule has 0 saturated heterocycles. The zero-order valence-corrected chi connectivity index (χ0v) is 10.9. The predicted molar refractivity (Wildman–Crippen MR) is 74.2 cm³/mol. The number of carbonyl (C=O) groups is 1. The maximum Gasteiger partial charge on any atom is 0.198 e. The monoisotopic (exact) mass is 249 g/mol. The van der Waals surface area contributed by atoms with Crippen molar-refractivity contribution in [2.75, 3.05) is 0 Å². The van der Waals surface area contributed by atoms with Crippen LogP contribution in [0.15, 0.2) is 42.5 Å². The van der Waals surface area contributed by atoms with E-state index in [9.17, 15) is 9.90 Å². The van der Waals surface area contributed by atoms with Crippen molar-refractivity contribution in [2.45, 2.75) is 13.8 Å². The second kappa shape index (κ2) is 4.09. The first-order valence-electron chi connectivity index (χ1n) is 6.23. The molecule has 2 heteroatoms. The Morgan fingerprint density at radius 2 is 1.37 bits per heavy atom. The molecular formula is C17H13O2. The topological polar surface area (TPSA) is 37.0 Å². The SMILES string of the molecule is Cc1cccc(C)c1C1=C([O])c2ccccc2C1=O. The molecule has 3 rings (SSSR count). The molecule has 2 aromatic carbocycles. The summed E-state index contributed by atoms with van der Waals surface area (Å²) in [7, 11) is 0. The molecule has 0 unspecified atom stereocenters. The van der Waals surface area contributed by atoms with Crippen LogP contribution in [0.25, 0.3) is 11.3 Å². The number of benzene rings is 2. The summed E-state index contributed by atoms with van der Waals surface area (Å²) >= 11 is 0. The molecule has 1 radical (unpaired) electrons. The smallest absolute Gasteiger partial charge is 0.198 e. The number of ketones is 1. The Morgan fingerprint density at radius 1 is 0.789 bits per heavy atom. The summed E-state index contributed by atoms with van der Waals surface area (Å²) in [6, 6.07) is 12.8. The number of hydrogen-bond donors (Lipinski definition) is 0. The minimum Gasteiger partial charge on any atom is -0.288 e. The van der Waals surface area contributed by atoms with Crippen molar-refractivity contribution in [3.05, 3.63) is 70.3 Å². The fourth-order valence-corrected chi connectivity index (χ4v) is 2.69. The van der Waals surface area contributed by atoms with Crippen molar-refractivity contribution >= 4 is 17.1 Å². The number of fused-ring (bicyclic) bond motifs is 1. The molecule has 19 heavy (non-hydrogen) atoms. The van der Waals surface area contributed by atoms with Gasteiger partial charge in [0.2, 0.25) is 0 Å². The van der Waals surface area contributed by atoms with Crippen LogP contribution in [0.2, 0.25) is 0 Å². The largest absolute Gasteiger partial charge is 0.288 e. The second-order valence-corrected chi connectivity index (χ2v) is 4.85. The summed E-state index contributed by atoms with van der Waals surface area (Å²) in [6.07, 6.45) is 0. The Balaban J connectivity index is 2.29. The summed E-state index contributed by atoms with van der Waals surface area (Å²) in [5.74, 6) is -0.309. The normalized spacial score (nSPS) is 13.9. The van der Waals surface area contributed by atoms with Gasteiger partial charge in [-0.1, -0.05) is 42.5 Å². The maximum absolute atomic E-state index is 12.5. The highest BCUT2D eigenvalue weighted by molar-refractivity contribution is 6.39. The van der Waals surface area contributed by atoms with Crippen LogP contribution >= 0.6 is 0 Å². The van der Waals surface area contributed by atoms with Gasteiger partial charge in [0, 0.05) is 11.1 Å². The number of rotatable bonds is 1. The molecule has 1 aliphatic carbocycles. The zero-order chi connectivity index (χ0) is 13.6. The number of allylic oxidation sites excluding steroid dienone is 1. The van der Waals surface area contributed by atoms with Crippen LogP contribution < -0.4 is 0 Å². The molecule has 1 aliphatic rings. The highest BCUT2D eigenvalue weighted by Gasteiger charge is 2.33. The van der Waals surface area contributed by atoms with Gasteiger partial charge in [-0.15, -0.1) is 0 Å². The molecular weight excluding hydrogens is 236 g/mol. The third-order valence-electron chi connectivity index (χ3n) is 3.60. The number of Topliss-reactive ketones (excluding diaryl/α,β-unsaturated/α-hetero) is 1. The molecule has 0 heterocycles. The number of carbonyl (C=O) groups excluding carboxylic acids is 1. The van der Waals surface area contributed by atoms with Gasteiger partial charge in [-0.05, 0) is 30.5 Å². The lowest BCUT2D eigenvalue weighted by molar-refractivity contribution is 0.105. The first-order chi connectivity index (χ1) is 9.11. The Bertz CT molecular complexity index is 704. The van der Waals surface area contributed by atoms with Crippen molar-refractivity contribution in [3.8, 4) is 0 Å². The van der Waals surface area contributed by atoms with E-state index in [0.29, 0.717) is 16.7 Å². The van der Waals surface area contributed by atoms with Gasteiger partial charge in [0.25, 0.3) is 0 Å². The molecule has 0 aliphatic heterocycles. The predicted octanol–water partition coefficient (Wildman–Crippen LogP) is 3.80. The molecule has 2 nitrogen and oxygen atoms in total. The number of aryl methyl sites for hydroxylation is 2. The van der Waals surface area contributed by atoms with E-state index in [0.717, 1.165) is 16.7 Å². The van der Waals surface area contributed by atoms with Crippen LogP contribution in [0.5, 0.6) is 0 Å². The molecule has 0 bridgehead atoms. The highest BCUT2D eigenvalue weighted by Crippen LogP contribution is 2.39. The van der Waals surface area contributed by atoms with E-state index in [1.54, 1.807) is 24.3 Å². The van der Waals surface area contributed by atoms with Gasteiger partial charge in [0.05, 0.1) is 5.57 Å². The molecule has 0 N–H and O–H groups in total. The van der Waals surface area contributed by atoms with Gasteiger partial charge < -0.3 is 0 Å². The Kier molecular flexibility index (Phi) is 2.53. The first kappa shape index (κ1) is 11.7. The Hall–Kier alpha value is -2.35. The standard InChI is InChI=1S/C17H13O2/c1-10-6-5-7-11(2)14(10)15-16(18)12-8-3-4-9-13(12)17(15)19/h3-9H,1-2H3. The average molecular weight is 249 g/mol. The van der Waals surface area contributed by atoms with Crippen LogP contribution in [0.3, 0.4) is 0 Å². The van der Waals surface area contributed by atoms with E-state index < -0.39 is 0 Å². The third kappa shape index (κ3) is 1.60. The van der Waals surface area contributed by atoms with Crippen LogP contribution in [-0.2, 0) is 5.11 Å². The summed E-state index contributed by atoms with van der Waals surface area (Å²) < 4.78 is 0. The van der Waals surface area contributed by atoms with E-state index in [1.165, 1.54) is 0 Å². The average Bonchev–Trinajstić information content (AvgIpc) is 2.64. The minimum absolute atomic E-state index is 0.155. The molecule has 0 amide bonds. The van der Waals surface area contributed by atoms with Crippen molar-refractivity contribution in [1.82, 2.24) is 0 Å². The van der Waals surface area contributed by atoms with Gasteiger partial charge >= 0.3 is 0 Å². The van der Waals surface area contributed by atoms with Crippen molar-refractivity contribution in [1.29, 1.82) is 0 Å². The molecule has 0 saturated carbocycles. The minimum atomic E-state index is -0.155. The van der Waals surface area contributed by atoms with Crippen molar-refractivity contribution in [2.24, 2.45) is 0 Å². The summed E-state index contributed by atoms with van der Waals surface area (Å²) in [5.41, 5.74) is 4.06. The molecule has 0 aromatic heterocycles. The molecule has 2 aromatic rings. The summed E-state index contributed by atoms with van der Waals surface area (Å²) in [4.78, 5) is 12.5. The van der Waals surface area contributed by atoms with E-state index in [4.69, 9.17) is 0 Å². The summed E-state index contributed by atoms with van der Waals surface area (Å²) in [6.45, 7) is 3.86. The number of hydrogen-bond acceptors (Lipinski definition) is 1. The third-order valence-corrected chi connectivity index (χ3v) is 3.60. The highest BCUT2D eigenvalue weighted by atomic mass is 16.3. The maximum atomic E-state index is 12.5. The van der Waals surface area contributed by atoms with E-state index in [2.05, 4.69) is 0 Å². The van der Waals surface area contributed by atoms with Gasteiger partial charge in [-0.25, -0.2) is 0 Å². The first-order valence-corrected chi connectivity index (χ1v) is 6.23. The lowest BCUT2D eigenvalue weighted by Crippen LogP contribution is -2.02. The van der Waals surface area contributed by atoms with E-state index >= 15 is 0 Å². The molecule has 0 fully saturated rings. The van der Waals surface area contributed by atoms with Gasteiger partial charge in [0.15, 0.2) is 11.5 Å². The lowest BCUT2D eigenvalue weighted by Gasteiger charge is -2.09. The summed E-state index contributed by atoms with van der Waals surface area (Å²) in [5, 5.41) is 12.5. The Morgan fingerprint density at radius 3 is 1.95 bits per heavy atom. The zero-order valence-electron chi connectivity index (χ0n) is 10.9. The molecule has 0 spiro atoms. The van der Waals surface area contributed by atoms with Gasteiger partial charge in [0.1, 0.15) is 0 Å². The van der Waals surface area contributed by atoms with Crippen molar-refractivity contribution < 1.29 is 9.90 Å². The lowest BCUT2D eigenvalue weighted by atomic mass is 9.93. The molecule has 0 atom stereocenters. The molecule has 93 valence electrons. The van der Waals surface area contributed by atoms with E-state index in [-0.39, 0.29) is 11.5 Å². The fourth-order valence-electron chi connectivity index (χ4n) is 2.69. The van der Waals surface area contributed by atoms with E-state index in [1.807, 2.05) is 32.0 Å². The van der Waals surface area contributed by atoms with Crippen molar-refractivity contribution in [3.63, 3.8) is 0 Å². The van der Waals surface area contributed by atoms with Crippen LogP contribution in [0.1, 0.15) is 32.6 Å². The van der Waals surface area contributed by atoms with Crippen LogP contribution in [0, 0.1) is 13.8 Å². The fraction of sp³-hybridized carbons (Fsp3) is 0.118. The van der Waals surface area contributed by atoms with Crippen LogP contribution in [-0.4, -0.2) is 5.78 Å². The van der Waals surface area contributed by atoms with Gasteiger partial charge in [-0.2, -0.15) is 0 Å². The van der Waals surface area contributed by atoms with Gasteiger partial charge in [-0.3, -0.25) is 9.90 Å².